The molecule has 0 radical (unpaired) electrons. The Morgan fingerprint density at radius 1 is 1.29 bits per heavy atom. The molecule has 0 aliphatic carbocycles. The quantitative estimate of drug-likeness (QED) is 0.764. The van der Waals surface area contributed by atoms with Crippen LogP contribution in [-0.2, 0) is 4.74 Å². The summed E-state index contributed by atoms with van der Waals surface area (Å²) in [5.41, 5.74) is 0.113. The van der Waals surface area contributed by atoms with Crippen LogP contribution < -0.4 is 5.32 Å². The third-order valence-electron chi connectivity index (χ3n) is 3.95. The molecule has 1 aliphatic heterocycles. The lowest BCUT2D eigenvalue weighted by molar-refractivity contribution is -0.0754. The van der Waals surface area contributed by atoms with Gasteiger partial charge in [-0.25, -0.2) is 0 Å². The summed E-state index contributed by atoms with van der Waals surface area (Å²) in [6.07, 6.45) is 4.94. The van der Waals surface area contributed by atoms with Crippen molar-refractivity contribution in [1.82, 2.24) is 5.32 Å². The van der Waals surface area contributed by atoms with E-state index in [9.17, 15) is 0 Å². The van der Waals surface area contributed by atoms with Gasteiger partial charge in [-0.2, -0.15) is 0 Å². The van der Waals surface area contributed by atoms with E-state index in [0.29, 0.717) is 12.0 Å². The van der Waals surface area contributed by atoms with Crippen molar-refractivity contribution in [2.75, 3.05) is 6.54 Å². The van der Waals surface area contributed by atoms with E-state index in [1.807, 2.05) is 0 Å². The zero-order chi connectivity index (χ0) is 13.1. The van der Waals surface area contributed by atoms with Crippen molar-refractivity contribution in [2.24, 2.45) is 5.92 Å². The number of ether oxygens (including phenoxy) is 1. The Bertz CT molecular complexity index is 235. The monoisotopic (exact) mass is 241 g/mol. The number of nitrogens with one attached hydrogen (secondary N) is 1. The van der Waals surface area contributed by atoms with Crippen LogP contribution in [0, 0.1) is 5.92 Å². The molecule has 1 saturated heterocycles. The van der Waals surface area contributed by atoms with Crippen molar-refractivity contribution in [2.45, 2.75) is 84.5 Å². The van der Waals surface area contributed by atoms with E-state index < -0.39 is 0 Å². The van der Waals surface area contributed by atoms with Gasteiger partial charge in [0.25, 0.3) is 0 Å². The van der Waals surface area contributed by atoms with Crippen LogP contribution in [-0.4, -0.2) is 23.8 Å². The van der Waals surface area contributed by atoms with Crippen LogP contribution in [0.3, 0.4) is 0 Å². The Morgan fingerprint density at radius 3 is 2.41 bits per heavy atom. The number of hydrogen-bond acceptors (Lipinski definition) is 2. The van der Waals surface area contributed by atoms with Crippen LogP contribution in [0.15, 0.2) is 0 Å². The summed E-state index contributed by atoms with van der Waals surface area (Å²) < 4.78 is 6.14. The topological polar surface area (TPSA) is 21.3 Å². The molecule has 17 heavy (non-hydrogen) atoms. The van der Waals surface area contributed by atoms with Gasteiger partial charge in [0.2, 0.25) is 0 Å². The second-order valence-corrected chi connectivity index (χ2v) is 6.80. The molecule has 1 rings (SSSR count). The Kier molecular flexibility index (Phi) is 5.03. The minimum absolute atomic E-state index is 0.0496. The molecular weight excluding hydrogens is 210 g/mol. The summed E-state index contributed by atoms with van der Waals surface area (Å²) in [5.74, 6) is 0.698. The molecule has 0 bridgehead atoms. The first kappa shape index (κ1) is 15.0. The maximum Gasteiger partial charge on any atom is 0.0662 e. The van der Waals surface area contributed by atoms with Crippen molar-refractivity contribution in [3.05, 3.63) is 0 Å². The van der Waals surface area contributed by atoms with E-state index in [4.69, 9.17) is 4.74 Å². The highest BCUT2D eigenvalue weighted by atomic mass is 16.5. The molecule has 0 aromatic rings. The minimum Gasteiger partial charge on any atom is -0.369 e. The third-order valence-corrected chi connectivity index (χ3v) is 3.95. The van der Waals surface area contributed by atoms with Gasteiger partial charge in [0, 0.05) is 6.04 Å². The first-order valence-electron chi connectivity index (χ1n) is 7.20. The smallest absolute Gasteiger partial charge is 0.0662 e. The maximum absolute atomic E-state index is 6.14. The highest BCUT2D eigenvalue weighted by Crippen LogP contribution is 2.44. The lowest BCUT2D eigenvalue weighted by Crippen LogP contribution is -2.31. The Labute approximate surface area is 108 Å². The van der Waals surface area contributed by atoms with Gasteiger partial charge in [-0.1, -0.05) is 6.92 Å². The van der Waals surface area contributed by atoms with Gasteiger partial charge >= 0.3 is 0 Å². The van der Waals surface area contributed by atoms with Crippen LogP contribution in [0.5, 0.6) is 0 Å². The normalized spacial score (nSPS) is 28.2. The van der Waals surface area contributed by atoms with Crippen molar-refractivity contribution < 1.29 is 4.74 Å². The Balaban J connectivity index is 2.36. The van der Waals surface area contributed by atoms with E-state index in [0.717, 1.165) is 6.54 Å². The van der Waals surface area contributed by atoms with Crippen LogP contribution in [0.25, 0.3) is 0 Å². The van der Waals surface area contributed by atoms with Crippen molar-refractivity contribution >= 4 is 0 Å². The summed E-state index contributed by atoms with van der Waals surface area (Å²) in [6, 6.07) is 0.634. The molecule has 0 aromatic carbocycles. The SMILES string of the molecule is CCCNC(C)CCC1CC(C)(C)OC1(C)C. The second kappa shape index (κ2) is 5.71. The van der Waals surface area contributed by atoms with Gasteiger partial charge in [0.05, 0.1) is 11.2 Å². The summed E-state index contributed by atoms with van der Waals surface area (Å²) in [6.45, 7) is 14.6. The van der Waals surface area contributed by atoms with Crippen molar-refractivity contribution in [3.63, 3.8) is 0 Å². The van der Waals surface area contributed by atoms with E-state index in [2.05, 4.69) is 46.9 Å². The average molecular weight is 241 g/mol. The summed E-state index contributed by atoms with van der Waals surface area (Å²) in [5, 5.41) is 3.56. The predicted octanol–water partition coefficient (Wildman–Crippen LogP) is 3.75. The highest BCUT2D eigenvalue weighted by Gasteiger charge is 2.45. The van der Waals surface area contributed by atoms with Gasteiger partial charge in [-0.15, -0.1) is 0 Å². The molecule has 0 spiro atoms. The largest absolute Gasteiger partial charge is 0.369 e. The van der Waals surface area contributed by atoms with Crippen LogP contribution >= 0.6 is 0 Å². The number of rotatable bonds is 6. The average Bonchev–Trinajstić information content (AvgIpc) is 2.40. The second-order valence-electron chi connectivity index (χ2n) is 6.80. The first-order chi connectivity index (χ1) is 7.77. The zero-order valence-corrected chi connectivity index (χ0v) is 12.6. The standard InChI is InChI=1S/C15H31NO/c1-7-10-16-12(2)8-9-13-11-14(3,4)17-15(13,5)6/h12-13,16H,7-11H2,1-6H3. The van der Waals surface area contributed by atoms with Crippen LogP contribution in [0.1, 0.15) is 67.2 Å². The fourth-order valence-electron chi connectivity index (χ4n) is 3.07. The first-order valence-corrected chi connectivity index (χ1v) is 7.20. The minimum atomic E-state index is 0.0496. The molecule has 1 fully saturated rings. The molecule has 2 nitrogen and oxygen atoms in total. The fourth-order valence-corrected chi connectivity index (χ4v) is 3.07. The molecule has 0 aromatic heterocycles. The van der Waals surface area contributed by atoms with E-state index in [1.165, 1.54) is 25.7 Å². The van der Waals surface area contributed by atoms with Crippen molar-refractivity contribution in [3.8, 4) is 0 Å². The predicted molar refractivity (Wildman–Crippen MR) is 74.3 cm³/mol. The Morgan fingerprint density at radius 2 is 1.94 bits per heavy atom. The lowest BCUT2D eigenvalue weighted by atomic mass is 9.83. The summed E-state index contributed by atoms with van der Waals surface area (Å²) >= 11 is 0. The molecular formula is C15H31NO. The molecule has 2 heteroatoms. The summed E-state index contributed by atoms with van der Waals surface area (Å²) in [4.78, 5) is 0. The highest BCUT2D eigenvalue weighted by molar-refractivity contribution is 4.94. The van der Waals surface area contributed by atoms with Gasteiger partial charge < -0.3 is 10.1 Å². The molecule has 0 saturated carbocycles. The maximum atomic E-state index is 6.14. The fraction of sp³-hybridized carbons (Fsp3) is 1.00. The molecule has 1 aliphatic rings. The molecule has 1 N–H and O–H groups in total. The third kappa shape index (κ3) is 4.59. The van der Waals surface area contributed by atoms with Crippen LogP contribution in [0.4, 0.5) is 0 Å². The lowest BCUT2D eigenvalue weighted by Gasteiger charge is -2.28. The molecule has 2 unspecified atom stereocenters. The van der Waals surface area contributed by atoms with E-state index in [1.54, 1.807) is 0 Å². The van der Waals surface area contributed by atoms with Crippen molar-refractivity contribution in [1.29, 1.82) is 0 Å². The Hall–Kier alpha value is -0.0800. The molecule has 102 valence electrons. The van der Waals surface area contributed by atoms with Gasteiger partial charge in [0.15, 0.2) is 0 Å². The van der Waals surface area contributed by atoms with Gasteiger partial charge in [-0.05, 0) is 72.8 Å². The molecule has 1 heterocycles. The zero-order valence-electron chi connectivity index (χ0n) is 12.6. The van der Waals surface area contributed by atoms with Gasteiger partial charge in [0.1, 0.15) is 0 Å². The van der Waals surface area contributed by atoms with E-state index in [-0.39, 0.29) is 11.2 Å². The van der Waals surface area contributed by atoms with Crippen LogP contribution in [0.2, 0.25) is 0 Å². The van der Waals surface area contributed by atoms with E-state index >= 15 is 0 Å². The number of hydrogen-bond donors (Lipinski definition) is 1. The molecule has 0 amide bonds. The molecule has 2 atom stereocenters. The van der Waals surface area contributed by atoms with Gasteiger partial charge in [-0.3, -0.25) is 0 Å². The summed E-state index contributed by atoms with van der Waals surface area (Å²) in [7, 11) is 0.